The molecule has 0 heterocycles. The predicted octanol–water partition coefficient (Wildman–Crippen LogP) is 3.70. The maximum atomic E-state index is 13.8. The number of benzene rings is 2. The number of amides is 2. The highest BCUT2D eigenvalue weighted by Crippen LogP contribution is 2.33. The highest BCUT2D eigenvalue weighted by molar-refractivity contribution is 7.92. The number of methoxy groups -OCH3 is 2. The van der Waals surface area contributed by atoms with Crippen molar-refractivity contribution in [1.82, 2.24) is 10.2 Å². The van der Waals surface area contributed by atoms with Gasteiger partial charge in [-0.15, -0.1) is 0 Å². The molecular formula is C26H36ClN3O6S. The minimum absolute atomic E-state index is 0.0773. The first-order chi connectivity index (χ1) is 17.4. The van der Waals surface area contributed by atoms with Crippen molar-refractivity contribution in [2.75, 3.05) is 37.9 Å². The van der Waals surface area contributed by atoms with E-state index in [-0.39, 0.29) is 34.8 Å². The fourth-order valence-corrected chi connectivity index (χ4v) is 4.77. The fraction of sp³-hybridized carbons (Fsp3) is 0.462. The maximum absolute atomic E-state index is 13.8. The SMILES string of the molecule is CCC(C(=O)NCC(C)C)N(Cc1cccc(OC)c1)C(=O)CN(c1cc(Cl)ccc1OC)S(C)(=O)=O. The molecule has 0 saturated carbocycles. The van der Waals surface area contributed by atoms with E-state index >= 15 is 0 Å². The van der Waals surface area contributed by atoms with Gasteiger partial charge in [-0.3, -0.25) is 13.9 Å². The minimum Gasteiger partial charge on any atom is -0.497 e. The second-order valence-electron chi connectivity index (χ2n) is 9.02. The quantitative estimate of drug-likeness (QED) is 0.405. The van der Waals surface area contributed by atoms with Crippen molar-refractivity contribution in [2.45, 2.75) is 39.8 Å². The largest absolute Gasteiger partial charge is 0.497 e. The van der Waals surface area contributed by atoms with Crippen LogP contribution in [-0.4, -0.2) is 64.7 Å². The lowest BCUT2D eigenvalue weighted by atomic mass is 10.1. The highest BCUT2D eigenvalue weighted by Gasteiger charge is 2.32. The number of ether oxygens (including phenoxy) is 2. The molecule has 0 aliphatic heterocycles. The van der Waals surface area contributed by atoms with Gasteiger partial charge in [0, 0.05) is 18.1 Å². The molecular weight excluding hydrogens is 518 g/mol. The van der Waals surface area contributed by atoms with Gasteiger partial charge in [-0.1, -0.05) is 44.5 Å². The Morgan fingerprint density at radius 3 is 2.35 bits per heavy atom. The first-order valence-corrected chi connectivity index (χ1v) is 14.1. The van der Waals surface area contributed by atoms with Crippen LogP contribution in [0.3, 0.4) is 0 Å². The van der Waals surface area contributed by atoms with Crippen LogP contribution in [0.1, 0.15) is 32.8 Å². The summed E-state index contributed by atoms with van der Waals surface area (Å²) in [5, 5.41) is 3.17. The zero-order valence-corrected chi connectivity index (χ0v) is 23.7. The average molecular weight is 554 g/mol. The Morgan fingerprint density at radius 2 is 1.78 bits per heavy atom. The van der Waals surface area contributed by atoms with E-state index in [9.17, 15) is 18.0 Å². The van der Waals surface area contributed by atoms with Gasteiger partial charge in [-0.2, -0.15) is 0 Å². The van der Waals surface area contributed by atoms with Crippen molar-refractivity contribution >= 4 is 39.1 Å². The van der Waals surface area contributed by atoms with Crippen LogP contribution in [-0.2, 0) is 26.2 Å². The molecule has 0 aromatic heterocycles. The Hall–Kier alpha value is -2.98. The summed E-state index contributed by atoms with van der Waals surface area (Å²) >= 11 is 6.14. The molecule has 204 valence electrons. The van der Waals surface area contributed by atoms with Gasteiger partial charge < -0.3 is 19.7 Å². The van der Waals surface area contributed by atoms with Crippen LogP contribution in [0.4, 0.5) is 5.69 Å². The lowest BCUT2D eigenvalue weighted by molar-refractivity contribution is -0.140. The third kappa shape index (κ3) is 8.53. The van der Waals surface area contributed by atoms with Gasteiger partial charge in [0.25, 0.3) is 0 Å². The van der Waals surface area contributed by atoms with E-state index in [0.717, 1.165) is 16.1 Å². The van der Waals surface area contributed by atoms with Crippen LogP contribution >= 0.6 is 11.6 Å². The maximum Gasteiger partial charge on any atom is 0.244 e. The fourth-order valence-electron chi connectivity index (χ4n) is 3.76. The van der Waals surface area contributed by atoms with Crippen molar-refractivity contribution in [1.29, 1.82) is 0 Å². The van der Waals surface area contributed by atoms with Gasteiger partial charge in [-0.05, 0) is 48.2 Å². The van der Waals surface area contributed by atoms with Crippen LogP contribution in [0.2, 0.25) is 5.02 Å². The molecule has 1 atom stereocenters. The van der Waals surface area contributed by atoms with Gasteiger partial charge >= 0.3 is 0 Å². The lowest BCUT2D eigenvalue weighted by Gasteiger charge is -2.33. The number of rotatable bonds is 13. The number of sulfonamides is 1. The normalized spacial score (nSPS) is 12.1. The van der Waals surface area contributed by atoms with Crippen LogP contribution in [0.25, 0.3) is 0 Å². The number of nitrogens with one attached hydrogen (secondary N) is 1. The number of hydrogen-bond donors (Lipinski definition) is 1. The molecule has 9 nitrogen and oxygen atoms in total. The number of carbonyl (C=O) groups excluding carboxylic acids is 2. The molecule has 2 aromatic rings. The van der Waals surface area contributed by atoms with Crippen molar-refractivity contribution < 1.29 is 27.5 Å². The summed E-state index contributed by atoms with van der Waals surface area (Å²) in [7, 11) is -0.988. The molecule has 0 aliphatic carbocycles. The van der Waals surface area contributed by atoms with E-state index in [4.69, 9.17) is 21.1 Å². The molecule has 0 spiro atoms. The second kappa shape index (κ2) is 13.5. The van der Waals surface area contributed by atoms with Crippen LogP contribution < -0.4 is 19.1 Å². The van der Waals surface area contributed by atoms with Crippen molar-refractivity contribution in [3.05, 3.63) is 53.1 Å². The Morgan fingerprint density at radius 1 is 1.08 bits per heavy atom. The first kappa shape index (κ1) is 30.2. The molecule has 0 aliphatic rings. The van der Waals surface area contributed by atoms with Gasteiger partial charge in [0.1, 0.15) is 24.1 Å². The Kier molecular flexibility index (Phi) is 11.1. The zero-order chi connectivity index (χ0) is 27.8. The first-order valence-electron chi connectivity index (χ1n) is 11.9. The number of halogens is 1. The molecule has 0 bridgehead atoms. The third-order valence-electron chi connectivity index (χ3n) is 5.65. The molecule has 1 unspecified atom stereocenters. The van der Waals surface area contributed by atoms with Crippen molar-refractivity contribution in [3.63, 3.8) is 0 Å². The third-order valence-corrected chi connectivity index (χ3v) is 7.01. The summed E-state index contributed by atoms with van der Waals surface area (Å²) in [6.07, 6.45) is 1.33. The molecule has 1 N–H and O–H groups in total. The molecule has 2 rings (SSSR count). The average Bonchev–Trinajstić information content (AvgIpc) is 2.85. The lowest BCUT2D eigenvalue weighted by Crippen LogP contribution is -2.52. The molecule has 0 fully saturated rings. The number of nitrogens with zero attached hydrogens (tertiary/aromatic N) is 2. The number of anilines is 1. The van der Waals surface area contributed by atoms with Crippen LogP contribution in [0.5, 0.6) is 11.5 Å². The van der Waals surface area contributed by atoms with E-state index in [1.165, 1.54) is 24.1 Å². The van der Waals surface area contributed by atoms with Crippen LogP contribution in [0.15, 0.2) is 42.5 Å². The standard InChI is InChI=1S/C26H36ClN3O6S/c1-7-22(26(32)28-15-18(2)3)29(16-19-9-8-10-21(13-19)35-4)25(31)17-30(37(6,33)34)23-14-20(27)11-12-24(23)36-5/h8-14,18,22H,7,15-17H2,1-6H3,(H,28,32). The summed E-state index contributed by atoms with van der Waals surface area (Å²) < 4.78 is 37.2. The highest BCUT2D eigenvalue weighted by atomic mass is 35.5. The van der Waals surface area contributed by atoms with Gasteiger partial charge in [-0.25, -0.2) is 8.42 Å². The summed E-state index contributed by atoms with van der Waals surface area (Å²) in [6, 6.07) is 10.8. The van der Waals surface area contributed by atoms with Gasteiger partial charge in [0.2, 0.25) is 21.8 Å². The van der Waals surface area contributed by atoms with Crippen molar-refractivity contribution in [2.24, 2.45) is 5.92 Å². The van der Waals surface area contributed by atoms with Crippen molar-refractivity contribution in [3.8, 4) is 11.5 Å². The molecule has 37 heavy (non-hydrogen) atoms. The molecule has 11 heteroatoms. The number of carbonyl (C=O) groups is 2. The second-order valence-corrected chi connectivity index (χ2v) is 11.4. The smallest absolute Gasteiger partial charge is 0.244 e. The number of hydrogen-bond acceptors (Lipinski definition) is 6. The summed E-state index contributed by atoms with van der Waals surface area (Å²) in [6.45, 7) is 5.73. The van der Waals surface area contributed by atoms with Crippen LogP contribution in [0, 0.1) is 5.92 Å². The summed E-state index contributed by atoms with van der Waals surface area (Å²) in [4.78, 5) is 28.3. The van der Waals surface area contributed by atoms with E-state index < -0.39 is 28.5 Å². The van der Waals surface area contributed by atoms with E-state index in [0.29, 0.717) is 18.7 Å². The van der Waals surface area contributed by atoms with E-state index in [1.54, 1.807) is 38.3 Å². The Balaban J connectivity index is 2.51. The van der Waals surface area contributed by atoms with Gasteiger partial charge in [0.05, 0.1) is 26.2 Å². The predicted molar refractivity (Wildman–Crippen MR) is 146 cm³/mol. The molecule has 0 radical (unpaired) electrons. The molecule has 2 amide bonds. The Labute approximate surface area is 224 Å². The van der Waals surface area contributed by atoms with E-state index in [2.05, 4.69) is 5.32 Å². The monoisotopic (exact) mass is 553 g/mol. The Bertz CT molecular complexity index is 1190. The topological polar surface area (TPSA) is 105 Å². The summed E-state index contributed by atoms with van der Waals surface area (Å²) in [5.41, 5.74) is 0.860. The minimum atomic E-state index is -3.93. The van der Waals surface area contributed by atoms with E-state index in [1.807, 2.05) is 19.9 Å². The van der Waals surface area contributed by atoms with Gasteiger partial charge in [0.15, 0.2) is 0 Å². The summed E-state index contributed by atoms with van der Waals surface area (Å²) in [5.74, 6) is 0.202. The molecule has 2 aromatic carbocycles. The molecule has 0 saturated heterocycles. The zero-order valence-electron chi connectivity index (χ0n) is 22.2.